The van der Waals surface area contributed by atoms with E-state index >= 15 is 0 Å². The minimum Gasteiger partial charge on any atom is -0.483 e. The van der Waals surface area contributed by atoms with Crippen molar-refractivity contribution < 1.29 is 27.6 Å². The molecule has 196 valence electrons. The number of aromatic nitrogens is 2. The van der Waals surface area contributed by atoms with Gasteiger partial charge in [-0.05, 0) is 61.1 Å². The number of carbonyl (C=O) groups excluding carboxylic acids is 1. The molecule has 5 rings (SSSR count). The summed E-state index contributed by atoms with van der Waals surface area (Å²) in [6.07, 6.45) is 2.52. The van der Waals surface area contributed by atoms with Gasteiger partial charge >= 0.3 is 5.97 Å². The van der Waals surface area contributed by atoms with E-state index in [1.165, 1.54) is 24.3 Å². The monoisotopic (exact) mass is 531 g/mol. The van der Waals surface area contributed by atoms with Gasteiger partial charge in [-0.2, -0.15) is 4.98 Å². The Kier molecular flexibility index (Phi) is 7.71. The van der Waals surface area contributed by atoms with Crippen molar-refractivity contribution in [3.8, 4) is 28.6 Å². The average Bonchev–Trinajstić information content (AvgIpc) is 3.59. The summed E-state index contributed by atoms with van der Waals surface area (Å²) in [5.74, 6) is 0.848. The van der Waals surface area contributed by atoms with Crippen LogP contribution in [-0.4, -0.2) is 53.6 Å². The van der Waals surface area contributed by atoms with E-state index in [4.69, 9.17) is 25.6 Å². The number of carbonyl (C=O) groups is 1. The van der Waals surface area contributed by atoms with Crippen molar-refractivity contribution in [1.29, 1.82) is 0 Å². The molecule has 1 saturated carbocycles. The number of alkyl halides is 2. The number of halogens is 3. The summed E-state index contributed by atoms with van der Waals surface area (Å²) in [5, 5.41) is 4.34. The van der Waals surface area contributed by atoms with E-state index < -0.39 is 19.5 Å². The van der Waals surface area contributed by atoms with Crippen molar-refractivity contribution in [3.05, 3.63) is 52.5 Å². The summed E-state index contributed by atoms with van der Waals surface area (Å²) in [5.41, 5.74) is 3.94. The average molecular weight is 532 g/mol. The first-order valence-corrected chi connectivity index (χ1v) is 12.7. The lowest BCUT2D eigenvalue weighted by atomic mass is 9.85. The Morgan fingerprint density at radius 3 is 2.51 bits per heavy atom. The second kappa shape index (κ2) is 11.1. The van der Waals surface area contributed by atoms with Gasteiger partial charge in [0.1, 0.15) is 19.1 Å². The van der Waals surface area contributed by atoms with Crippen molar-refractivity contribution in [2.45, 2.75) is 50.9 Å². The fraction of sp³-hybridized carbons (Fsp3) is 0.444. The van der Waals surface area contributed by atoms with Crippen molar-refractivity contribution in [3.63, 3.8) is 0 Å². The second-order valence-corrected chi connectivity index (χ2v) is 9.94. The zero-order chi connectivity index (χ0) is 25.9. The van der Waals surface area contributed by atoms with E-state index in [1.807, 2.05) is 6.07 Å². The van der Waals surface area contributed by atoms with E-state index in [2.05, 4.69) is 27.2 Å². The lowest BCUT2D eigenvalue weighted by molar-refractivity contribution is -0.146. The molecule has 37 heavy (non-hydrogen) atoms. The summed E-state index contributed by atoms with van der Waals surface area (Å²) in [6, 6.07) is 11.4. The summed E-state index contributed by atoms with van der Waals surface area (Å²) in [4.78, 5) is 18.8. The van der Waals surface area contributed by atoms with Crippen LogP contribution in [0.15, 0.2) is 40.9 Å². The molecule has 3 aromatic rings. The van der Waals surface area contributed by atoms with Crippen molar-refractivity contribution >= 4 is 17.6 Å². The lowest BCUT2D eigenvalue weighted by Gasteiger charge is -2.33. The zero-order valence-corrected chi connectivity index (χ0v) is 21.2. The molecule has 0 spiro atoms. The van der Waals surface area contributed by atoms with Crippen molar-refractivity contribution in [2.24, 2.45) is 5.92 Å². The van der Waals surface area contributed by atoms with Crippen LogP contribution in [0.1, 0.15) is 36.8 Å². The van der Waals surface area contributed by atoms with Gasteiger partial charge in [0.05, 0.1) is 18.1 Å². The third kappa shape index (κ3) is 5.48. The molecule has 2 aliphatic rings. The Morgan fingerprint density at radius 2 is 1.81 bits per heavy atom. The number of rotatable bonds is 8. The number of methoxy groups -OCH3 is 1. The van der Waals surface area contributed by atoms with Gasteiger partial charge in [0.2, 0.25) is 5.82 Å². The number of hydrogen-bond donors (Lipinski definition) is 0. The van der Waals surface area contributed by atoms with E-state index in [0.29, 0.717) is 17.4 Å². The minimum atomic E-state index is -1.19. The first-order chi connectivity index (χ1) is 18.0. The highest BCUT2D eigenvalue weighted by atomic mass is 35.5. The van der Waals surface area contributed by atoms with Gasteiger partial charge in [-0.15, -0.1) is 0 Å². The van der Waals surface area contributed by atoms with E-state index in [-0.39, 0.29) is 28.6 Å². The Balaban J connectivity index is 1.25. The highest BCUT2D eigenvalue weighted by Crippen LogP contribution is 2.36. The van der Waals surface area contributed by atoms with Crippen LogP contribution in [0.2, 0.25) is 5.02 Å². The van der Waals surface area contributed by atoms with Crippen LogP contribution in [0.3, 0.4) is 0 Å². The predicted octanol–water partition coefficient (Wildman–Crippen LogP) is 5.79. The zero-order valence-electron chi connectivity index (χ0n) is 20.5. The molecule has 0 radical (unpaired) electrons. The van der Waals surface area contributed by atoms with E-state index in [1.54, 1.807) is 12.1 Å². The predicted molar refractivity (Wildman–Crippen MR) is 134 cm³/mol. The Hall–Kier alpha value is -3.04. The van der Waals surface area contributed by atoms with Gasteiger partial charge < -0.3 is 14.0 Å². The first-order valence-electron chi connectivity index (χ1n) is 12.3. The molecule has 1 aromatic heterocycles. The number of ether oxygens (including phenoxy) is 2. The highest BCUT2D eigenvalue weighted by molar-refractivity contribution is 6.32. The standard InChI is InChI=1S/C27H28ClF2N3O4/c1-35-27(34)16-4-7-21(8-5-16)33-14-19-3-2-17(10-20(19)15-33)25-31-26(37-32-25)18-6-9-24(23(28)11-18)36-22(12-29)13-30/h2-3,6,9-11,16,21-22H,4-5,7-8,12-15H2,1H3. The number of nitrogens with zero attached hydrogens (tertiary/aromatic N) is 3. The normalized spacial score (nSPS) is 19.7. The number of fused-ring (bicyclic) bond motifs is 1. The second-order valence-electron chi connectivity index (χ2n) is 9.53. The molecule has 1 fully saturated rings. The fourth-order valence-electron chi connectivity index (χ4n) is 5.13. The first kappa shape index (κ1) is 25.6. The lowest BCUT2D eigenvalue weighted by Crippen LogP contribution is -2.36. The maximum Gasteiger partial charge on any atom is 0.308 e. The van der Waals surface area contributed by atoms with Gasteiger partial charge in [0, 0.05) is 30.3 Å². The summed E-state index contributed by atoms with van der Waals surface area (Å²) in [7, 11) is 1.46. The molecule has 0 unspecified atom stereocenters. The van der Waals surface area contributed by atoms with Gasteiger partial charge in [0.25, 0.3) is 5.89 Å². The molecule has 2 heterocycles. The van der Waals surface area contributed by atoms with Gasteiger partial charge in [-0.1, -0.05) is 28.9 Å². The molecule has 1 aliphatic heterocycles. The number of esters is 1. The quantitative estimate of drug-likeness (QED) is 0.340. The fourth-order valence-corrected chi connectivity index (χ4v) is 5.36. The maximum absolute atomic E-state index is 12.8. The maximum atomic E-state index is 12.8. The minimum absolute atomic E-state index is 0.0195. The van der Waals surface area contributed by atoms with Crippen LogP contribution in [-0.2, 0) is 22.6 Å². The molecule has 0 N–H and O–H groups in total. The topological polar surface area (TPSA) is 77.7 Å². The molecule has 0 amide bonds. The molecule has 0 bridgehead atoms. The third-order valence-corrected chi connectivity index (χ3v) is 7.50. The molecule has 1 aliphatic carbocycles. The van der Waals surface area contributed by atoms with Crippen LogP contribution < -0.4 is 4.74 Å². The highest BCUT2D eigenvalue weighted by Gasteiger charge is 2.32. The summed E-state index contributed by atoms with van der Waals surface area (Å²) >= 11 is 6.25. The largest absolute Gasteiger partial charge is 0.483 e. The summed E-state index contributed by atoms with van der Waals surface area (Å²) < 4.78 is 41.2. The Morgan fingerprint density at radius 1 is 1.08 bits per heavy atom. The molecule has 7 nitrogen and oxygen atoms in total. The van der Waals surface area contributed by atoms with Gasteiger partial charge in [-0.3, -0.25) is 9.69 Å². The van der Waals surface area contributed by atoms with Gasteiger partial charge in [-0.25, -0.2) is 8.78 Å². The Bertz CT molecular complexity index is 1260. The van der Waals surface area contributed by atoms with E-state index in [9.17, 15) is 13.6 Å². The molecule has 2 aromatic carbocycles. The van der Waals surface area contributed by atoms with Gasteiger partial charge in [0.15, 0.2) is 6.10 Å². The van der Waals surface area contributed by atoms with Crippen LogP contribution in [0.25, 0.3) is 22.8 Å². The molecular weight excluding hydrogens is 504 g/mol. The van der Waals surface area contributed by atoms with Crippen molar-refractivity contribution in [1.82, 2.24) is 15.0 Å². The van der Waals surface area contributed by atoms with Crippen LogP contribution in [0, 0.1) is 5.92 Å². The molecular formula is C27H28ClF2N3O4. The molecule has 0 atom stereocenters. The smallest absolute Gasteiger partial charge is 0.308 e. The van der Waals surface area contributed by atoms with Crippen molar-refractivity contribution in [2.75, 3.05) is 20.5 Å². The van der Waals surface area contributed by atoms with E-state index in [0.717, 1.165) is 44.3 Å². The molecule has 0 saturated heterocycles. The Labute approximate surface area is 218 Å². The molecule has 10 heteroatoms. The number of hydrogen-bond acceptors (Lipinski definition) is 7. The van der Waals surface area contributed by atoms with Crippen LogP contribution in [0.5, 0.6) is 5.75 Å². The SMILES string of the molecule is COC(=O)C1CCC(N2Cc3ccc(-c4noc(-c5ccc(OC(CF)CF)c(Cl)c5)n4)cc3C2)CC1. The number of benzene rings is 2. The third-order valence-electron chi connectivity index (χ3n) is 7.20. The van der Waals surface area contributed by atoms with Crippen LogP contribution >= 0.6 is 11.6 Å². The van der Waals surface area contributed by atoms with Crippen LogP contribution in [0.4, 0.5) is 8.78 Å². The summed E-state index contributed by atoms with van der Waals surface area (Å²) in [6.45, 7) is -0.163.